The fraction of sp³-hybridized carbons (Fsp3) is 0.448. The highest BCUT2D eigenvalue weighted by molar-refractivity contribution is 6.48. The van der Waals surface area contributed by atoms with Crippen LogP contribution >= 0.6 is 0 Å². The quantitative estimate of drug-likeness (QED) is 0.617. The van der Waals surface area contributed by atoms with Gasteiger partial charge >= 0.3 is 0 Å². The number of likely N-dealkylation sites (tertiary alicyclic amines) is 1. The van der Waals surface area contributed by atoms with Gasteiger partial charge in [0, 0.05) is 19.6 Å². The maximum atomic E-state index is 13.4. The Labute approximate surface area is 202 Å². The van der Waals surface area contributed by atoms with E-state index in [2.05, 4.69) is 4.90 Å². The van der Waals surface area contributed by atoms with E-state index >= 15 is 0 Å². The van der Waals surface area contributed by atoms with Crippen LogP contribution in [0.15, 0.2) is 60.7 Å². The minimum atomic E-state index is -0.508. The van der Waals surface area contributed by atoms with Gasteiger partial charge in [-0.1, -0.05) is 79.9 Å². The molecule has 2 amide bonds. The third-order valence-electron chi connectivity index (χ3n) is 7.88. The van der Waals surface area contributed by atoms with E-state index in [0.29, 0.717) is 36.5 Å². The first kappa shape index (κ1) is 23.0. The molecule has 2 aliphatic heterocycles. The molecular formula is C29H34N2O3. The van der Waals surface area contributed by atoms with Gasteiger partial charge in [-0.3, -0.25) is 19.4 Å². The molecule has 0 radical (unpaired) electrons. The fourth-order valence-corrected chi connectivity index (χ4v) is 6.04. The van der Waals surface area contributed by atoms with Crippen LogP contribution in [0, 0.1) is 11.8 Å². The Morgan fingerprint density at radius 2 is 1.35 bits per heavy atom. The Hall–Kier alpha value is -2.76. The Balaban J connectivity index is 1.25. The molecule has 1 saturated heterocycles. The monoisotopic (exact) mass is 458 g/mol. The lowest BCUT2D eigenvalue weighted by Gasteiger charge is -2.43. The van der Waals surface area contributed by atoms with Crippen LogP contribution in [0.4, 0.5) is 0 Å². The third-order valence-corrected chi connectivity index (χ3v) is 7.88. The van der Waals surface area contributed by atoms with E-state index in [9.17, 15) is 14.7 Å². The molecule has 2 fully saturated rings. The number of amides is 2. The molecule has 5 nitrogen and oxygen atoms in total. The number of rotatable bonds is 7. The third kappa shape index (κ3) is 4.59. The summed E-state index contributed by atoms with van der Waals surface area (Å²) in [4.78, 5) is 30.4. The molecular weight excluding hydrogens is 424 g/mol. The summed E-state index contributed by atoms with van der Waals surface area (Å²) in [7, 11) is 0. The van der Waals surface area contributed by atoms with Gasteiger partial charge in [0.1, 0.15) is 6.23 Å². The van der Waals surface area contributed by atoms with Crippen molar-refractivity contribution in [1.29, 1.82) is 0 Å². The van der Waals surface area contributed by atoms with Crippen molar-refractivity contribution in [2.45, 2.75) is 51.2 Å². The number of benzene rings is 2. The van der Waals surface area contributed by atoms with Crippen LogP contribution in [0.3, 0.4) is 0 Å². The van der Waals surface area contributed by atoms with Gasteiger partial charge in [-0.2, -0.15) is 0 Å². The number of carbonyl (C=O) groups excluding carboxylic acids is 2. The maximum Gasteiger partial charge on any atom is 0.262 e. The highest BCUT2D eigenvalue weighted by Crippen LogP contribution is 2.37. The summed E-state index contributed by atoms with van der Waals surface area (Å²) >= 11 is 0. The van der Waals surface area contributed by atoms with Gasteiger partial charge in [-0.05, 0) is 48.6 Å². The van der Waals surface area contributed by atoms with Crippen LogP contribution in [-0.4, -0.2) is 52.6 Å². The SMILES string of the molecule is O=C1C(c2ccccc2)=C(c2ccccc2)C(=O)N1CCCC(O)N1CCC2CCCCC2C1. The summed E-state index contributed by atoms with van der Waals surface area (Å²) in [5.74, 6) is 1.06. The van der Waals surface area contributed by atoms with E-state index in [1.54, 1.807) is 0 Å². The first-order valence-electron chi connectivity index (χ1n) is 12.8. The smallest absolute Gasteiger partial charge is 0.262 e. The molecule has 3 aliphatic rings. The average molecular weight is 459 g/mol. The summed E-state index contributed by atoms with van der Waals surface area (Å²) in [5.41, 5.74) is 2.46. The van der Waals surface area contributed by atoms with Crippen molar-refractivity contribution in [1.82, 2.24) is 9.80 Å². The van der Waals surface area contributed by atoms with Crippen molar-refractivity contribution >= 4 is 23.0 Å². The number of hydrogen-bond donors (Lipinski definition) is 1. The minimum absolute atomic E-state index is 0.243. The number of carbonyl (C=O) groups is 2. The normalized spacial score (nSPS) is 24.4. The lowest BCUT2D eigenvalue weighted by atomic mass is 9.75. The van der Waals surface area contributed by atoms with Crippen molar-refractivity contribution in [2.24, 2.45) is 11.8 Å². The van der Waals surface area contributed by atoms with Crippen LogP contribution in [-0.2, 0) is 9.59 Å². The first-order chi connectivity index (χ1) is 16.6. The molecule has 2 heterocycles. The second-order valence-corrected chi connectivity index (χ2v) is 9.96. The molecule has 3 unspecified atom stereocenters. The molecule has 1 N–H and O–H groups in total. The van der Waals surface area contributed by atoms with E-state index < -0.39 is 6.23 Å². The predicted octanol–water partition coefficient (Wildman–Crippen LogP) is 4.58. The molecule has 5 heteroatoms. The lowest BCUT2D eigenvalue weighted by Crippen LogP contribution is -2.47. The Morgan fingerprint density at radius 1 is 0.794 bits per heavy atom. The Bertz CT molecular complexity index is 988. The topological polar surface area (TPSA) is 60.9 Å². The van der Waals surface area contributed by atoms with Gasteiger partial charge in [0.2, 0.25) is 0 Å². The predicted molar refractivity (Wildman–Crippen MR) is 133 cm³/mol. The second-order valence-electron chi connectivity index (χ2n) is 9.96. The number of nitrogens with zero attached hydrogens (tertiary/aromatic N) is 2. The van der Waals surface area contributed by atoms with Crippen molar-refractivity contribution in [3.63, 3.8) is 0 Å². The molecule has 5 rings (SSSR count). The second kappa shape index (κ2) is 10.2. The molecule has 2 aromatic rings. The van der Waals surface area contributed by atoms with Gasteiger partial charge < -0.3 is 5.11 Å². The highest BCUT2D eigenvalue weighted by atomic mass is 16.3. The molecule has 0 aromatic heterocycles. The van der Waals surface area contributed by atoms with Crippen molar-refractivity contribution in [3.8, 4) is 0 Å². The van der Waals surface area contributed by atoms with Gasteiger partial charge in [0.05, 0.1) is 11.1 Å². The summed E-state index contributed by atoms with van der Waals surface area (Å²) in [6.07, 6.45) is 7.11. The zero-order valence-corrected chi connectivity index (χ0v) is 19.7. The van der Waals surface area contributed by atoms with Crippen LogP contribution in [0.2, 0.25) is 0 Å². The van der Waals surface area contributed by atoms with E-state index in [1.165, 1.54) is 37.0 Å². The number of aliphatic hydroxyl groups excluding tert-OH is 1. The summed E-state index contributed by atoms with van der Waals surface area (Å²) in [5, 5.41) is 10.9. The average Bonchev–Trinajstić information content (AvgIpc) is 3.14. The van der Waals surface area contributed by atoms with E-state index in [4.69, 9.17) is 0 Å². The molecule has 1 aliphatic carbocycles. The number of hydrogen-bond acceptors (Lipinski definition) is 4. The summed E-state index contributed by atoms with van der Waals surface area (Å²) in [6.45, 7) is 2.24. The van der Waals surface area contributed by atoms with Gasteiger partial charge in [-0.25, -0.2) is 0 Å². The maximum absolute atomic E-state index is 13.4. The highest BCUT2D eigenvalue weighted by Gasteiger charge is 2.39. The summed E-state index contributed by atoms with van der Waals surface area (Å²) in [6, 6.07) is 18.9. The molecule has 34 heavy (non-hydrogen) atoms. The van der Waals surface area contributed by atoms with Crippen LogP contribution in [0.1, 0.15) is 56.1 Å². The Kier molecular flexibility index (Phi) is 6.93. The van der Waals surface area contributed by atoms with Gasteiger partial charge in [0.15, 0.2) is 0 Å². The number of imide groups is 1. The zero-order valence-electron chi connectivity index (χ0n) is 19.7. The minimum Gasteiger partial charge on any atom is -0.378 e. The van der Waals surface area contributed by atoms with Crippen LogP contribution in [0.25, 0.3) is 11.1 Å². The molecule has 0 bridgehead atoms. The number of aliphatic hydroxyl groups is 1. The van der Waals surface area contributed by atoms with Crippen molar-refractivity contribution in [2.75, 3.05) is 19.6 Å². The van der Waals surface area contributed by atoms with E-state index in [0.717, 1.165) is 30.1 Å². The Morgan fingerprint density at radius 3 is 1.94 bits per heavy atom. The van der Waals surface area contributed by atoms with Crippen molar-refractivity contribution in [3.05, 3.63) is 71.8 Å². The molecule has 1 saturated carbocycles. The largest absolute Gasteiger partial charge is 0.378 e. The molecule has 2 aromatic carbocycles. The number of piperidine rings is 1. The number of fused-ring (bicyclic) bond motifs is 1. The van der Waals surface area contributed by atoms with E-state index in [1.807, 2.05) is 60.7 Å². The summed E-state index contributed by atoms with van der Waals surface area (Å²) < 4.78 is 0. The van der Waals surface area contributed by atoms with Crippen LogP contribution in [0.5, 0.6) is 0 Å². The van der Waals surface area contributed by atoms with Gasteiger partial charge in [0.25, 0.3) is 11.8 Å². The molecule has 3 atom stereocenters. The van der Waals surface area contributed by atoms with Gasteiger partial charge in [-0.15, -0.1) is 0 Å². The molecule has 0 spiro atoms. The van der Waals surface area contributed by atoms with Crippen molar-refractivity contribution < 1.29 is 14.7 Å². The fourth-order valence-electron chi connectivity index (χ4n) is 6.04. The standard InChI is InChI=1S/C29H34N2O3/c32-25(30-19-17-21-10-7-8-15-24(21)20-30)16-9-18-31-28(33)26(22-11-3-1-4-12-22)27(29(31)34)23-13-5-2-6-14-23/h1-6,11-14,21,24-25,32H,7-10,15-20H2. The zero-order chi connectivity index (χ0) is 23.5. The van der Waals surface area contributed by atoms with E-state index in [-0.39, 0.29) is 11.8 Å². The lowest BCUT2D eigenvalue weighted by molar-refractivity contribution is -0.136. The molecule has 178 valence electrons. The van der Waals surface area contributed by atoms with Crippen LogP contribution < -0.4 is 0 Å². The first-order valence-corrected chi connectivity index (χ1v) is 12.8.